The van der Waals surface area contributed by atoms with Gasteiger partial charge in [-0.2, -0.15) is 0 Å². The zero-order chi connectivity index (χ0) is 15.1. The number of aliphatic carboxylic acids is 1. The van der Waals surface area contributed by atoms with Crippen LogP contribution in [0.2, 0.25) is 0 Å². The van der Waals surface area contributed by atoms with Crippen molar-refractivity contribution in [1.29, 1.82) is 0 Å². The minimum atomic E-state index is -0.791. The van der Waals surface area contributed by atoms with E-state index in [0.29, 0.717) is 12.0 Å². The van der Waals surface area contributed by atoms with Crippen LogP contribution in [0.25, 0.3) is 0 Å². The minimum absolute atomic E-state index is 0.515. The van der Waals surface area contributed by atoms with Crippen molar-refractivity contribution >= 4 is 5.97 Å². The summed E-state index contributed by atoms with van der Waals surface area (Å²) >= 11 is 0. The van der Waals surface area contributed by atoms with Gasteiger partial charge in [0.1, 0.15) is 0 Å². The number of hydrogen-bond donors (Lipinski definition) is 1. The molecule has 1 aromatic rings. The molecule has 114 valence electrons. The predicted molar refractivity (Wildman–Crippen MR) is 84.2 cm³/mol. The highest BCUT2D eigenvalue weighted by Crippen LogP contribution is 2.09. The second-order valence-corrected chi connectivity index (χ2v) is 5.45. The van der Waals surface area contributed by atoms with E-state index in [-0.39, 0.29) is 0 Å². The van der Waals surface area contributed by atoms with Gasteiger partial charge in [-0.25, -0.2) is 4.79 Å². The molecule has 4 nitrogen and oxygen atoms in total. The molecule has 1 N–H and O–H groups in total. The van der Waals surface area contributed by atoms with Crippen molar-refractivity contribution in [2.75, 3.05) is 32.7 Å². The van der Waals surface area contributed by atoms with Crippen LogP contribution in [-0.2, 0) is 11.3 Å². The van der Waals surface area contributed by atoms with Crippen molar-refractivity contribution in [2.45, 2.75) is 19.9 Å². The average molecular weight is 288 g/mol. The lowest BCUT2D eigenvalue weighted by Crippen LogP contribution is -2.45. The van der Waals surface area contributed by atoms with E-state index in [4.69, 9.17) is 5.11 Å². The highest BCUT2D eigenvalue weighted by molar-refractivity contribution is 5.86. The Morgan fingerprint density at radius 2 is 1.76 bits per heavy atom. The second kappa shape index (κ2) is 7.96. The van der Waals surface area contributed by atoms with Crippen LogP contribution in [0.5, 0.6) is 0 Å². The zero-order valence-electron chi connectivity index (χ0n) is 12.7. The first-order valence-corrected chi connectivity index (χ1v) is 7.60. The van der Waals surface area contributed by atoms with E-state index >= 15 is 0 Å². The molecule has 2 rings (SSSR count). The highest BCUT2D eigenvalue weighted by Gasteiger charge is 2.16. The first-order valence-electron chi connectivity index (χ1n) is 7.60. The molecule has 0 spiro atoms. The van der Waals surface area contributed by atoms with Gasteiger partial charge in [0, 0.05) is 44.8 Å². The Morgan fingerprint density at radius 3 is 2.33 bits per heavy atom. The Kier molecular flexibility index (Phi) is 5.96. The molecule has 1 heterocycles. The number of piperazine rings is 1. The Balaban J connectivity index is 1.77. The third kappa shape index (κ3) is 4.99. The highest BCUT2D eigenvalue weighted by atomic mass is 16.4. The predicted octanol–water partition coefficient (Wildman–Crippen LogP) is 2.23. The Labute approximate surface area is 126 Å². The maximum Gasteiger partial charge on any atom is 0.331 e. The summed E-state index contributed by atoms with van der Waals surface area (Å²) in [6, 6.07) is 10.5. The first kappa shape index (κ1) is 15.7. The molecule has 0 unspecified atom stereocenters. The van der Waals surface area contributed by atoms with Gasteiger partial charge < -0.3 is 5.11 Å². The van der Waals surface area contributed by atoms with Gasteiger partial charge in [0.25, 0.3) is 0 Å². The molecule has 0 aromatic heterocycles. The summed E-state index contributed by atoms with van der Waals surface area (Å²) in [6.45, 7) is 7.71. The Morgan fingerprint density at radius 1 is 1.14 bits per heavy atom. The van der Waals surface area contributed by atoms with Crippen LogP contribution >= 0.6 is 0 Å². The summed E-state index contributed by atoms with van der Waals surface area (Å²) < 4.78 is 0. The molecule has 1 aromatic carbocycles. The Hall–Kier alpha value is -1.65. The molecule has 1 fully saturated rings. The van der Waals surface area contributed by atoms with E-state index in [1.807, 2.05) is 19.1 Å². The SMILES string of the molecule is CCC(=CCN1CCN(Cc2ccccc2)CC1)C(=O)O. The minimum Gasteiger partial charge on any atom is -0.478 e. The third-order valence-electron chi connectivity index (χ3n) is 3.97. The summed E-state index contributed by atoms with van der Waals surface area (Å²) in [5.41, 5.74) is 1.87. The lowest BCUT2D eigenvalue weighted by atomic mass is 10.2. The number of rotatable bonds is 6. The fraction of sp³-hybridized carbons (Fsp3) is 0.471. The zero-order valence-corrected chi connectivity index (χ0v) is 12.7. The number of benzene rings is 1. The molecule has 0 aliphatic carbocycles. The van der Waals surface area contributed by atoms with Crippen LogP contribution in [0.4, 0.5) is 0 Å². The van der Waals surface area contributed by atoms with E-state index in [9.17, 15) is 4.79 Å². The molecule has 0 saturated carbocycles. The smallest absolute Gasteiger partial charge is 0.331 e. The summed E-state index contributed by atoms with van der Waals surface area (Å²) in [5, 5.41) is 9.01. The summed E-state index contributed by atoms with van der Waals surface area (Å²) in [5.74, 6) is -0.791. The van der Waals surface area contributed by atoms with Crippen LogP contribution in [0.3, 0.4) is 0 Å². The second-order valence-electron chi connectivity index (χ2n) is 5.45. The molecular formula is C17H24N2O2. The molecule has 4 heteroatoms. The summed E-state index contributed by atoms with van der Waals surface area (Å²) in [4.78, 5) is 15.7. The first-order chi connectivity index (χ1) is 10.2. The molecule has 1 aliphatic rings. The van der Waals surface area contributed by atoms with Crippen LogP contribution in [0.15, 0.2) is 42.0 Å². The number of hydrogen-bond acceptors (Lipinski definition) is 3. The average Bonchev–Trinajstić information content (AvgIpc) is 2.50. The molecule has 1 saturated heterocycles. The van der Waals surface area contributed by atoms with Gasteiger partial charge in [-0.1, -0.05) is 43.3 Å². The maximum atomic E-state index is 11.0. The molecule has 1 aliphatic heterocycles. The molecule has 0 radical (unpaired) electrons. The third-order valence-corrected chi connectivity index (χ3v) is 3.97. The summed E-state index contributed by atoms with van der Waals surface area (Å²) in [6.07, 6.45) is 2.44. The largest absolute Gasteiger partial charge is 0.478 e. The van der Waals surface area contributed by atoms with Crippen molar-refractivity contribution in [3.63, 3.8) is 0 Å². The topological polar surface area (TPSA) is 43.8 Å². The lowest BCUT2D eigenvalue weighted by Gasteiger charge is -2.34. The van der Waals surface area contributed by atoms with Gasteiger partial charge in [0.05, 0.1) is 0 Å². The molecule has 0 amide bonds. The standard InChI is InChI=1S/C17H24N2O2/c1-2-16(17(20)21)8-9-18-10-12-19(13-11-18)14-15-6-4-3-5-7-15/h3-8H,2,9-14H2,1H3,(H,20,21). The van der Waals surface area contributed by atoms with Crippen LogP contribution in [0.1, 0.15) is 18.9 Å². The molecule has 0 bridgehead atoms. The molecule has 0 atom stereocenters. The van der Waals surface area contributed by atoms with Crippen LogP contribution in [-0.4, -0.2) is 53.6 Å². The van der Waals surface area contributed by atoms with Crippen molar-refractivity contribution in [2.24, 2.45) is 0 Å². The van der Waals surface area contributed by atoms with Crippen LogP contribution in [0, 0.1) is 0 Å². The van der Waals surface area contributed by atoms with Crippen molar-refractivity contribution < 1.29 is 9.90 Å². The fourth-order valence-electron chi connectivity index (χ4n) is 2.59. The van der Waals surface area contributed by atoms with Gasteiger partial charge >= 0.3 is 5.97 Å². The van der Waals surface area contributed by atoms with Gasteiger partial charge in [-0.3, -0.25) is 9.80 Å². The monoisotopic (exact) mass is 288 g/mol. The van der Waals surface area contributed by atoms with Gasteiger partial charge in [0.2, 0.25) is 0 Å². The fourth-order valence-corrected chi connectivity index (χ4v) is 2.59. The lowest BCUT2D eigenvalue weighted by molar-refractivity contribution is -0.132. The normalized spacial score (nSPS) is 17.9. The van der Waals surface area contributed by atoms with E-state index in [2.05, 4.69) is 34.1 Å². The van der Waals surface area contributed by atoms with Gasteiger partial charge in [-0.05, 0) is 12.0 Å². The number of carbonyl (C=O) groups is 1. The van der Waals surface area contributed by atoms with E-state index in [0.717, 1.165) is 39.3 Å². The van der Waals surface area contributed by atoms with Crippen molar-refractivity contribution in [1.82, 2.24) is 9.80 Å². The maximum absolute atomic E-state index is 11.0. The van der Waals surface area contributed by atoms with E-state index in [1.165, 1.54) is 5.56 Å². The van der Waals surface area contributed by atoms with Crippen molar-refractivity contribution in [3.8, 4) is 0 Å². The molecular weight excluding hydrogens is 264 g/mol. The number of nitrogens with zero attached hydrogens (tertiary/aromatic N) is 2. The Bertz CT molecular complexity index is 477. The summed E-state index contributed by atoms with van der Waals surface area (Å²) in [7, 11) is 0. The number of carboxylic acid groups (broad SMARTS) is 1. The quantitative estimate of drug-likeness (QED) is 0.815. The van der Waals surface area contributed by atoms with Crippen molar-refractivity contribution in [3.05, 3.63) is 47.5 Å². The van der Waals surface area contributed by atoms with Crippen LogP contribution < -0.4 is 0 Å². The molecule has 21 heavy (non-hydrogen) atoms. The number of carboxylic acids is 1. The van der Waals surface area contributed by atoms with E-state index in [1.54, 1.807) is 0 Å². The van der Waals surface area contributed by atoms with Gasteiger partial charge in [-0.15, -0.1) is 0 Å². The van der Waals surface area contributed by atoms with E-state index < -0.39 is 5.97 Å². The van der Waals surface area contributed by atoms with Gasteiger partial charge in [0.15, 0.2) is 0 Å².